The van der Waals surface area contributed by atoms with Gasteiger partial charge in [-0.15, -0.1) is 0 Å². The second kappa shape index (κ2) is 6.63. The van der Waals surface area contributed by atoms with E-state index in [9.17, 15) is 9.59 Å². The van der Waals surface area contributed by atoms with Crippen LogP contribution >= 0.6 is 0 Å². The third kappa shape index (κ3) is 3.31. The van der Waals surface area contributed by atoms with E-state index in [1.807, 2.05) is 30.3 Å². The molecule has 6 nitrogen and oxygen atoms in total. The Kier molecular flexibility index (Phi) is 4.16. The molecule has 1 fully saturated rings. The number of carbonyl (C=O) groups excluding carboxylic acids is 1. The molecule has 26 heavy (non-hydrogen) atoms. The van der Waals surface area contributed by atoms with Crippen LogP contribution in [0.25, 0.3) is 22.2 Å². The third-order valence-corrected chi connectivity index (χ3v) is 4.68. The number of carboxylic acids is 1. The molecule has 0 aliphatic heterocycles. The SMILES string of the molecule is O=C(O)CC(NC(=O)c1ccc2noc(-c3ccccc3)c2c1)C1CC1. The van der Waals surface area contributed by atoms with Crippen molar-refractivity contribution >= 4 is 22.8 Å². The summed E-state index contributed by atoms with van der Waals surface area (Å²) in [5, 5.41) is 16.7. The number of nitrogens with one attached hydrogen (secondary N) is 1. The third-order valence-electron chi connectivity index (χ3n) is 4.68. The molecule has 1 amide bonds. The standard InChI is InChI=1S/C20H18N2O4/c23-18(24)11-17(12-6-7-12)21-20(25)14-8-9-16-15(10-14)19(26-22-16)13-4-2-1-3-5-13/h1-5,8-10,12,17H,6-7,11H2,(H,21,25)(H,23,24). The van der Waals surface area contributed by atoms with E-state index in [4.69, 9.17) is 9.63 Å². The number of hydrogen-bond donors (Lipinski definition) is 2. The maximum Gasteiger partial charge on any atom is 0.305 e. The van der Waals surface area contributed by atoms with Crippen molar-refractivity contribution in [3.8, 4) is 11.3 Å². The molecule has 6 heteroatoms. The number of nitrogens with zero attached hydrogens (tertiary/aromatic N) is 1. The van der Waals surface area contributed by atoms with Crippen LogP contribution in [-0.4, -0.2) is 28.2 Å². The number of carbonyl (C=O) groups is 2. The molecule has 3 aromatic rings. The van der Waals surface area contributed by atoms with Crippen molar-refractivity contribution in [1.29, 1.82) is 0 Å². The van der Waals surface area contributed by atoms with Gasteiger partial charge in [0.05, 0.1) is 11.8 Å². The second-order valence-electron chi connectivity index (χ2n) is 6.62. The van der Waals surface area contributed by atoms with Crippen LogP contribution in [0.3, 0.4) is 0 Å². The Labute approximate surface area is 149 Å². The lowest BCUT2D eigenvalue weighted by Crippen LogP contribution is -2.38. The molecule has 1 aromatic heterocycles. The maximum absolute atomic E-state index is 12.6. The lowest BCUT2D eigenvalue weighted by molar-refractivity contribution is -0.137. The Morgan fingerprint density at radius 2 is 1.96 bits per heavy atom. The highest BCUT2D eigenvalue weighted by Crippen LogP contribution is 2.34. The fourth-order valence-corrected chi connectivity index (χ4v) is 3.15. The molecule has 1 saturated carbocycles. The van der Waals surface area contributed by atoms with E-state index in [1.165, 1.54) is 0 Å². The first-order chi connectivity index (χ1) is 12.6. The minimum absolute atomic E-state index is 0.0544. The van der Waals surface area contributed by atoms with Gasteiger partial charge in [0.15, 0.2) is 5.76 Å². The quantitative estimate of drug-likeness (QED) is 0.710. The summed E-state index contributed by atoms with van der Waals surface area (Å²) in [6.07, 6.45) is 1.86. The molecular formula is C20H18N2O4. The molecule has 132 valence electrons. The Balaban J connectivity index is 1.62. The van der Waals surface area contributed by atoms with Crippen molar-refractivity contribution in [2.24, 2.45) is 5.92 Å². The van der Waals surface area contributed by atoms with Gasteiger partial charge >= 0.3 is 5.97 Å². The number of carboxylic acid groups (broad SMARTS) is 1. The normalized spacial score (nSPS) is 14.9. The molecule has 1 heterocycles. The van der Waals surface area contributed by atoms with Crippen molar-refractivity contribution in [3.63, 3.8) is 0 Å². The first-order valence-electron chi connectivity index (χ1n) is 8.59. The molecule has 1 aliphatic carbocycles. The Morgan fingerprint density at radius 3 is 2.65 bits per heavy atom. The van der Waals surface area contributed by atoms with E-state index in [1.54, 1.807) is 18.2 Å². The summed E-state index contributed by atoms with van der Waals surface area (Å²) < 4.78 is 5.46. The van der Waals surface area contributed by atoms with Crippen LogP contribution < -0.4 is 5.32 Å². The zero-order valence-electron chi connectivity index (χ0n) is 14.0. The van der Waals surface area contributed by atoms with Gasteiger partial charge in [0.25, 0.3) is 5.91 Å². The summed E-state index contributed by atoms with van der Waals surface area (Å²) in [5.41, 5.74) is 2.02. The van der Waals surface area contributed by atoms with Gasteiger partial charge in [-0.05, 0) is 37.0 Å². The van der Waals surface area contributed by atoms with Gasteiger partial charge in [-0.2, -0.15) is 0 Å². The van der Waals surface area contributed by atoms with Gasteiger partial charge in [0.2, 0.25) is 0 Å². The lowest BCUT2D eigenvalue weighted by atomic mass is 10.0. The summed E-state index contributed by atoms with van der Waals surface area (Å²) in [7, 11) is 0. The zero-order chi connectivity index (χ0) is 18.1. The highest BCUT2D eigenvalue weighted by Gasteiger charge is 2.34. The number of aromatic nitrogens is 1. The molecule has 1 atom stereocenters. The van der Waals surface area contributed by atoms with E-state index in [0.717, 1.165) is 23.8 Å². The minimum Gasteiger partial charge on any atom is -0.481 e. The van der Waals surface area contributed by atoms with Crippen LogP contribution in [-0.2, 0) is 4.79 Å². The van der Waals surface area contributed by atoms with Crippen LogP contribution in [0.15, 0.2) is 53.1 Å². The molecule has 0 spiro atoms. The average molecular weight is 350 g/mol. The molecule has 0 radical (unpaired) electrons. The first-order valence-corrected chi connectivity index (χ1v) is 8.59. The maximum atomic E-state index is 12.6. The van der Waals surface area contributed by atoms with Crippen LogP contribution in [0.4, 0.5) is 0 Å². The minimum atomic E-state index is -0.900. The van der Waals surface area contributed by atoms with Crippen LogP contribution in [0.1, 0.15) is 29.6 Å². The molecule has 0 saturated heterocycles. The predicted octanol–water partition coefficient (Wildman–Crippen LogP) is 3.48. The van der Waals surface area contributed by atoms with Crippen molar-refractivity contribution in [2.45, 2.75) is 25.3 Å². The largest absolute Gasteiger partial charge is 0.481 e. The van der Waals surface area contributed by atoms with E-state index < -0.39 is 5.97 Å². The molecule has 2 N–H and O–H groups in total. The predicted molar refractivity (Wildman–Crippen MR) is 95.7 cm³/mol. The van der Waals surface area contributed by atoms with Crippen molar-refractivity contribution < 1.29 is 19.2 Å². The molecule has 2 aromatic carbocycles. The number of aliphatic carboxylic acids is 1. The first kappa shape index (κ1) is 16.3. The van der Waals surface area contributed by atoms with Crippen molar-refractivity contribution in [3.05, 3.63) is 54.1 Å². The highest BCUT2D eigenvalue weighted by molar-refractivity contribution is 6.01. The second-order valence-corrected chi connectivity index (χ2v) is 6.62. The summed E-state index contributed by atoms with van der Waals surface area (Å²) in [6.45, 7) is 0. The molecule has 1 aliphatic rings. The summed E-state index contributed by atoms with van der Waals surface area (Å²) >= 11 is 0. The Hall–Kier alpha value is -3.15. The topological polar surface area (TPSA) is 92.4 Å². The van der Waals surface area contributed by atoms with Crippen LogP contribution in [0.2, 0.25) is 0 Å². The number of hydrogen-bond acceptors (Lipinski definition) is 4. The van der Waals surface area contributed by atoms with E-state index in [-0.39, 0.29) is 24.3 Å². The van der Waals surface area contributed by atoms with Gasteiger partial charge in [-0.3, -0.25) is 9.59 Å². The fraction of sp³-hybridized carbons (Fsp3) is 0.250. The summed E-state index contributed by atoms with van der Waals surface area (Å²) in [4.78, 5) is 23.7. The van der Waals surface area contributed by atoms with Crippen LogP contribution in [0, 0.1) is 5.92 Å². The molecule has 1 unspecified atom stereocenters. The fourth-order valence-electron chi connectivity index (χ4n) is 3.15. The Bertz CT molecular complexity index is 960. The van der Waals surface area contributed by atoms with Gasteiger partial charge < -0.3 is 14.9 Å². The average Bonchev–Trinajstić information content (AvgIpc) is 3.40. The van der Waals surface area contributed by atoms with E-state index in [0.29, 0.717) is 16.8 Å². The van der Waals surface area contributed by atoms with Gasteiger partial charge in [-0.1, -0.05) is 35.5 Å². The van der Waals surface area contributed by atoms with Crippen molar-refractivity contribution in [2.75, 3.05) is 0 Å². The van der Waals surface area contributed by atoms with Gasteiger partial charge in [0.1, 0.15) is 5.52 Å². The van der Waals surface area contributed by atoms with E-state index in [2.05, 4.69) is 10.5 Å². The Morgan fingerprint density at radius 1 is 1.19 bits per heavy atom. The monoisotopic (exact) mass is 350 g/mol. The number of benzene rings is 2. The number of amides is 1. The molecule has 0 bridgehead atoms. The summed E-state index contributed by atoms with van der Waals surface area (Å²) in [6, 6.07) is 14.4. The number of fused-ring (bicyclic) bond motifs is 1. The van der Waals surface area contributed by atoms with Gasteiger partial charge in [0, 0.05) is 17.2 Å². The highest BCUT2D eigenvalue weighted by atomic mass is 16.5. The molecule has 4 rings (SSSR count). The van der Waals surface area contributed by atoms with Crippen molar-refractivity contribution in [1.82, 2.24) is 10.5 Å². The van der Waals surface area contributed by atoms with Gasteiger partial charge in [-0.25, -0.2) is 0 Å². The van der Waals surface area contributed by atoms with Crippen LogP contribution in [0.5, 0.6) is 0 Å². The van der Waals surface area contributed by atoms with E-state index >= 15 is 0 Å². The smallest absolute Gasteiger partial charge is 0.305 e. The summed E-state index contributed by atoms with van der Waals surface area (Å²) in [5.74, 6) is -0.304. The molecular weight excluding hydrogens is 332 g/mol. The number of rotatable bonds is 6. The lowest BCUT2D eigenvalue weighted by Gasteiger charge is -2.16. The zero-order valence-corrected chi connectivity index (χ0v) is 14.0.